The third-order valence-electron chi connectivity index (χ3n) is 3.84. The summed E-state index contributed by atoms with van der Waals surface area (Å²) < 4.78 is 0. The summed E-state index contributed by atoms with van der Waals surface area (Å²) in [6.45, 7) is 11.0. The summed E-state index contributed by atoms with van der Waals surface area (Å²) in [5.74, 6) is 0.0424. The maximum Gasteiger partial charge on any atom is 0.220 e. The molecule has 3 nitrogen and oxygen atoms in total. The molecule has 0 bridgehead atoms. The second-order valence-corrected chi connectivity index (χ2v) is 7.90. The molecule has 1 fully saturated rings. The quantitative estimate of drug-likeness (QED) is 0.814. The average Bonchev–Trinajstić information content (AvgIpc) is 2.18. The van der Waals surface area contributed by atoms with Gasteiger partial charge >= 0.3 is 0 Å². The zero-order chi connectivity index (χ0) is 14.0. The zero-order valence-corrected chi connectivity index (χ0v) is 12.6. The Morgan fingerprint density at radius 2 is 1.67 bits per heavy atom. The fraction of sp³-hybridized carbons (Fsp3) is 0.933. The molecule has 106 valence electrons. The number of nitrogens with one attached hydrogen (secondary N) is 1. The van der Waals surface area contributed by atoms with Gasteiger partial charge < -0.3 is 10.4 Å². The predicted molar refractivity (Wildman–Crippen MR) is 74.3 cm³/mol. The highest BCUT2D eigenvalue weighted by atomic mass is 16.3. The van der Waals surface area contributed by atoms with Crippen molar-refractivity contribution in [2.75, 3.05) is 6.54 Å². The van der Waals surface area contributed by atoms with Crippen LogP contribution in [0.25, 0.3) is 0 Å². The molecule has 2 N–H and O–H groups in total. The molecule has 0 aromatic rings. The van der Waals surface area contributed by atoms with Crippen LogP contribution in [0.2, 0.25) is 0 Å². The molecule has 0 radical (unpaired) electrons. The van der Waals surface area contributed by atoms with Crippen LogP contribution >= 0.6 is 0 Å². The molecule has 0 heterocycles. The molecule has 1 aliphatic rings. The van der Waals surface area contributed by atoms with Crippen molar-refractivity contribution in [2.24, 2.45) is 10.8 Å². The second kappa shape index (κ2) is 5.20. The Kier molecular flexibility index (Phi) is 4.47. The Balaban J connectivity index is 2.37. The summed E-state index contributed by atoms with van der Waals surface area (Å²) in [4.78, 5) is 11.7. The number of rotatable bonds is 3. The molecule has 0 aromatic carbocycles. The highest BCUT2D eigenvalue weighted by Crippen LogP contribution is 2.39. The van der Waals surface area contributed by atoms with Crippen LogP contribution in [0, 0.1) is 10.8 Å². The molecule has 3 heteroatoms. The molecule has 0 aromatic heterocycles. The van der Waals surface area contributed by atoms with E-state index in [4.69, 9.17) is 0 Å². The standard InChI is InChI=1S/C15H29NO2/c1-13(2,3)10-12(17)16-11-15(18)8-6-14(4,5)7-9-15/h18H,6-11H2,1-5H3,(H,16,17). The molecule has 1 aliphatic carbocycles. The summed E-state index contributed by atoms with van der Waals surface area (Å²) in [6, 6.07) is 0. The number of hydrogen-bond acceptors (Lipinski definition) is 2. The topological polar surface area (TPSA) is 49.3 Å². The number of amides is 1. The van der Waals surface area contributed by atoms with Gasteiger partial charge in [-0.3, -0.25) is 4.79 Å². The van der Waals surface area contributed by atoms with Crippen molar-refractivity contribution in [3.8, 4) is 0 Å². The van der Waals surface area contributed by atoms with E-state index >= 15 is 0 Å². The fourth-order valence-electron chi connectivity index (χ4n) is 2.38. The molecular formula is C15H29NO2. The van der Waals surface area contributed by atoms with Crippen LogP contribution < -0.4 is 5.32 Å². The molecule has 18 heavy (non-hydrogen) atoms. The van der Waals surface area contributed by atoms with E-state index in [1.807, 2.05) is 20.8 Å². The van der Waals surface area contributed by atoms with Crippen molar-refractivity contribution >= 4 is 5.91 Å². The van der Waals surface area contributed by atoms with Crippen molar-refractivity contribution in [2.45, 2.75) is 72.3 Å². The lowest BCUT2D eigenvalue weighted by molar-refractivity contribution is -0.124. The van der Waals surface area contributed by atoms with E-state index in [1.54, 1.807) is 0 Å². The minimum absolute atomic E-state index is 0.00125. The monoisotopic (exact) mass is 255 g/mol. The Labute approximate surface area is 111 Å². The minimum Gasteiger partial charge on any atom is -0.388 e. The van der Waals surface area contributed by atoms with Gasteiger partial charge in [0.2, 0.25) is 5.91 Å². The van der Waals surface area contributed by atoms with Crippen molar-refractivity contribution < 1.29 is 9.90 Å². The van der Waals surface area contributed by atoms with E-state index < -0.39 is 5.60 Å². The third-order valence-corrected chi connectivity index (χ3v) is 3.84. The molecule has 1 amide bonds. The van der Waals surface area contributed by atoms with Gasteiger partial charge in [0, 0.05) is 13.0 Å². The number of aliphatic hydroxyl groups is 1. The third kappa shape index (κ3) is 5.38. The zero-order valence-electron chi connectivity index (χ0n) is 12.6. The second-order valence-electron chi connectivity index (χ2n) is 7.90. The normalized spacial score (nSPS) is 22.6. The van der Waals surface area contributed by atoms with Crippen LogP contribution in [0.5, 0.6) is 0 Å². The molecule has 0 atom stereocenters. The van der Waals surface area contributed by atoms with E-state index in [0.29, 0.717) is 18.4 Å². The van der Waals surface area contributed by atoms with Crippen molar-refractivity contribution in [3.63, 3.8) is 0 Å². The summed E-state index contributed by atoms with van der Waals surface area (Å²) >= 11 is 0. The van der Waals surface area contributed by atoms with Crippen LogP contribution in [0.4, 0.5) is 0 Å². The van der Waals surface area contributed by atoms with Gasteiger partial charge in [-0.25, -0.2) is 0 Å². The molecule has 0 aliphatic heterocycles. The highest BCUT2D eigenvalue weighted by molar-refractivity contribution is 5.76. The lowest BCUT2D eigenvalue weighted by Crippen LogP contribution is -2.47. The van der Waals surface area contributed by atoms with Gasteiger partial charge in [-0.05, 0) is 36.5 Å². The van der Waals surface area contributed by atoms with Crippen molar-refractivity contribution in [1.82, 2.24) is 5.32 Å². The number of carbonyl (C=O) groups is 1. The van der Waals surface area contributed by atoms with Gasteiger partial charge in [-0.15, -0.1) is 0 Å². The first kappa shape index (κ1) is 15.5. The maximum absolute atomic E-state index is 11.7. The van der Waals surface area contributed by atoms with Gasteiger partial charge in [0.1, 0.15) is 0 Å². The van der Waals surface area contributed by atoms with Crippen LogP contribution in [-0.4, -0.2) is 23.2 Å². The summed E-state index contributed by atoms with van der Waals surface area (Å²) in [5.41, 5.74) is -0.355. The highest BCUT2D eigenvalue weighted by Gasteiger charge is 2.36. The summed E-state index contributed by atoms with van der Waals surface area (Å²) in [5, 5.41) is 13.3. The van der Waals surface area contributed by atoms with E-state index in [-0.39, 0.29) is 11.3 Å². The Hall–Kier alpha value is -0.570. The molecular weight excluding hydrogens is 226 g/mol. The average molecular weight is 255 g/mol. The lowest BCUT2D eigenvalue weighted by atomic mass is 9.71. The van der Waals surface area contributed by atoms with Crippen LogP contribution in [0.3, 0.4) is 0 Å². The lowest BCUT2D eigenvalue weighted by Gasteiger charge is -2.40. The largest absolute Gasteiger partial charge is 0.388 e. The Bertz CT molecular complexity index is 292. The molecule has 1 rings (SSSR count). The van der Waals surface area contributed by atoms with Gasteiger partial charge in [-0.1, -0.05) is 34.6 Å². The molecule has 1 saturated carbocycles. The van der Waals surface area contributed by atoms with Gasteiger partial charge in [0.15, 0.2) is 0 Å². The molecule has 0 spiro atoms. The predicted octanol–water partition coefficient (Wildman–Crippen LogP) is 2.87. The minimum atomic E-state index is -0.691. The first-order valence-corrected chi connectivity index (χ1v) is 7.01. The summed E-state index contributed by atoms with van der Waals surface area (Å²) in [7, 11) is 0. The first-order valence-electron chi connectivity index (χ1n) is 7.01. The SMILES string of the molecule is CC(C)(C)CC(=O)NCC1(O)CCC(C)(C)CC1. The van der Waals surface area contributed by atoms with Crippen LogP contribution in [0.15, 0.2) is 0 Å². The molecule has 0 unspecified atom stereocenters. The fourth-order valence-corrected chi connectivity index (χ4v) is 2.38. The van der Waals surface area contributed by atoms with E-state index in [2.05, 4.69) is 19.2 Å². The van der Waals surface area contributed by atoms with Crippen molar-refractivity contribution in [1.29, 1.82) is 0 Å². The first-order chi connectivity index (χ1) is 8.02. The number of hydrogen-bond donors (Lipinski definition) is 2. The van der Waals surface area contributed by atoms with Crippen molar-refractivity contribution in [3.05, 3.63) is 0 Å². The van der Waals surface area contributed by atoms with E-state index in [9.17, 15) is 9.90 Å². The van der Waals surface area contributed by atoms with E-state index in [0.717, 1.165) is 25.7 Å². The Morgan fingerprint density at radius 3 is 2.11 bits per heavy atom. The van der Waals surface area contributed by atoms with Gasteiger partial charge in [0.05, 0.1) is 5.60 Å². The smallest absolute Gasteiger partial charge is 0.220 e. The molecule has 0 saturated heterocycles. The van der Waals surface area contributed by atoms with Crippen LogP contribution in [-0.2, 0) is 4.79 Å². The van der Waals surface area contributed by atoms with E-state index in [1.165, 1.54) is 0 Å². The van der Waals surface area contributed by atoms with Gasteiger partial charge in [-0.2, -0.15) is 0 Å². The Morgan fingerprint density at radius 1 is 1.17 bits per heavy atom. The van der Waals surface area contributed by atoms with Crippen LogP contribution in [0.1, 0.15) is 66.7 Å². The number of carbonyl (C=O) groups excluding carboxylic acids is 1. The van der Waals surface area contributed by atoms with Gasteiger partial charge in [0.25, 0.3) is 0 Å². The summed E-state index contributed by atoms with van der Waals surface area (Å²) in [6.07, 6.45) is 4.14. The maximum atomic E-state index is 11.7.